The van der Waals surface area contributed by atoms with Crippen LogP contribution in [0.25, 0.3) is 11.1 Å². The molecular weight excluding hydrogens is 479 g/mol. The molecule has 1 amide bonds. The minimum atomic E-state index is -0.360. The van der Waals surface area contributed by atoms with E-state index in [2.05, 4.69) is 20.3 Å². The van der Waals surface area contributed by atoms with E-state index >= 15 is 0 Å². The van der Waals surface area contributed by atoms with Crippen LogP contribution in [-0.2, 0) is 0 Å². The first kappa shape index (κ1) is 23.2. The number of hydrogen-bond donors (Lipinski definition) is 4. The number of rotatable bonds is 5. The first-order valence-electron chi connectivity index (χ1n) is 10.1. The second-order valence-electron chi connectivity index (χ2n) is 7.57. The van der Waals surface area contributed by atoms with E-state index < -0.39 is 0 Å². The molecule has 1 aliphatic heterocycles. The fourth-order valence-corrected chi connectivity index (χ4v) is 4.21. The number of pyridine rings is 1. The molecule has 1 unspecified atom stereocenters. The molecule has 10 nitrogen and oxygen atoms in total. The molecule has 1 aromatic carbocycles. The molecule has 0 spiro atoms. The third kappa shape index (κ3) is 4.57. The molecule has 12 heteroatoms. The predicted molar refractivity (Wildman–Crippen MR) is 127 cm³/mol. The Morgan fingerprint density at radius 3 is 2.59 bits per heavy atom. The van der Waals surface area contributed by atoms with Crippen LogP contribution in [0.4, 0.5) is 5.82 Å². The van der Waals surface area contributed by atoms with Gasteiger partial charge in [-0.05, 0) is 24.1 Å². The first-order valence-corrected chi connectivity index (χ1v) is 10.8. The molecule has 0 bridgehead atoms. The van der Waals surface area contributed by atoms with Crippen molar-refractivity contribution in [1.29, 1.82) is 10.7 Å². The lowest BCUT2D eigenvalue weighted by molar-refractivity contribution is 0.0940. The number of carbonyl (C=O) groups excluding carboxylic acids is 1. The summed E-state index contributed by atoms with van der Waals surface area (Å²) in [6.07, 6.45) is 4.98. The number of nitrogens with one attached hydrogen (secondary N) is 2. The molecule has 1 aliphatic rings. The molecule has 2 aromatic heterocycles. The van der Waals surface area contributed by atoms with Gasteiger partial charge in [-0.3, -0.25) is 10.2 Å². The van der Waals surface area contributed by atoms with Gasteiger partial charge >= 0.3 is 0 Å². The van der Waals surface area contributed by atoms with Crippen molar-refractivity contribution >= 4 is 40.8 Å². The summed E-state index contributed by atoms with van der Waals surface area (Å²) >= 11 is 12.4. The summed E-state index contributed by atoms with van der Waals surface area (Å²) in [7, 11) is 0. The summed E-state index contributed by atoms with van der Waals surface area (Å²) in [5.74, 6) is -0.648. The molecule has 0 aliphatic carbocycles. The van der Waals surface area contributed by atoms with Crippen LogP contribution < -0.4 is 16.0 Å². The summed E-state index contributed by atoms with van der Waals surface area (Å²) in [6, 6.07) is 6.63. The van der Waals surface area contributed by atoms with E-state index in [0.29, 0.717) is 36.2 Å². The quantitative estimate of drug-likeness (QED) is 0.309. The lowest BCUT2D eigenvalue weighted by atomic mass is 10.1. The number of nitrogens with two attached hydrogens (primary N) is 1. The number of carbonyl (C=O) groups is 1. The van der Waals surface area contributed by atoms with Crippen LogP contribution in [0.1, 0.15) is 28.2 Å². The van der Waals surface area contributed by atoms with E-state index in [4.69, 9.17) is 39.6 Å². The van der Waals surface area contributed by atoms with Crippen LogP contribution in [0.15, 0.2) is 36.8 Å². The Bertz CT molecular complexity index is 1320. The first-order chi connectivity index (χ1) is 16.3. The molecule has 3 heterocycles. The third-order valence-corrected chi connectivity index (χ3v) is 5.98. The molecule has 34 heavy (non-hydrogen) atoms. The highest BCUT2D eigenvalue weighted by Crippen LogP contribution is 2.34. The highest BCUT2D eigenvalue weighted by Gasteiger charge is 2.29. The van der Waals surface area contributed by atoms with E-state index in [1.165, 1.54) is 18.6 Å². The summed E-state index contributed by atoms with van der Waals surface area (Å²) in [5.41, 5.74) is 7.23. The zero-order valence-corrected chi connectivity index (χ0v) is 19.1. The maximum Gasteiger partial charge on any atom is 0.253 e. The van der Waals surface area contributed by atoms with Gasteiger partial charge < -0.3 is 21.1 Å². The lowest BCUT2D eigenvalue weighted by Gasteiger charge is -2.20. The minimum absolute atomic E-state index is 0.0266. The number of benzene rings is 1. The summed E-state index contributed by atoms with van der Waals surface area (Å²) in [6.45, 7) is 0.916. The van der Waals surface area contributed by atoms with Gasteiger partial charge in [0.2, 0.25) is 5.82 Å². The molecular formula is C22H18Cl2N8O2. The SMILES string of the molecule is N#Cc1ncc(-c2ccc(C(=O)NC3CCN(c4ncc(Cl)c(C(=N)N)c4O)C3)c(Cl)c2)cn1. The number of anilines is 1. The number of halogens is 2. The number of aromatic hydroxyl groups is 1. The number of nitrogens with zero attached hydrogens (tertiary/aromatic N) is 5. The number of aromatic nitrogens is 3. The van der Waals surface area contributed by atoms with Gasteiger partial charge in [-0.1, -0.05) is 29.3 Å². The Morgan fingerprint density at radius 2 is 1.94 bits per heavy atom. The fourth-order valence-electron chi connectivity index (χ4n) is 3.70. The average Bonchev–Trinajstić information content (AvgIpc) is 3.26. The minimum Gasteiger partial charge on any atom is -0.504 e. The molecule has 0 radical (unpaired) electrons. The Balaban J connectivity index is 1.45. The van der Waals surface area contributed by atoms with Crippen molar-refractivity contribution in [3.63, 3.8) is 0 Å². The van der Waals surface area contributed by atoms with Crippen molar-refractivity contribution in [3.8, 4) is 22.9 Å². The Morgan fingerprint density at radius 1 is 1.21 bits per heavy atom. The van der Waals surface area contributed by atoms with Crippen LogP contribution in [-0.4, -0.2) is 50.9 Å². The number of hydrogen-bond acceptors (Lipinski definition) is 8. The molecule has 3 aromatic rings. The number of nitriles is 1. The van der Waals surface area contributed by atoms with E-state index in [-0.39, 0.29) is 50.8 Å². The highest BCUT2D eigenvalue weighted by molar-refractivity contribution is 6.34. The zero-order valence-electron chi connectivity index (χ0n) is 17.6. The van der Waals surface area contributed by atoms with Gasteiger partial charge in [0.15, 0.2) is 11.6 Å². The maximum atomic E-state index is 12.8. The number of nitrogen functional groups attached to an aromatic ring is 1. The summed E-state index contributed by atoms with van der Waals surface area (Å²) < 4.78 is 0. The molecule has 1 atom stereocenters. The predicted octanol–water partition coefficient (Wildman–Crippen LogP) is 2.72. The van der Waals surface area contributed by atoms with Gasteiger partial charge in [0.1, 0.15) is 11.9 Å². The number of amidine groups is 1. The van der Waals surface area contributed by atoms with Crippen LogP contribution in [0.2, 0.25) is 10.0 Å². The molecule has 5 N–H and O–H groups in total. The highest BCUT2D eigenvalue weighted by atomic mass is 35.5. The van der Waals surface area contributed by atoms with Crippen molar-refractivity contribution in [2.45, 2.75) is 12.5 Å². The van der Waals surface area contributed by atoms with Crippen molar-refractivity contribution in [1.82, 2.24) is 20.3 Å². The standard InChI is InChI=1S/C22H18Cl2N8O2/c23-15-5-11(12-7-28-17(6-25)29-8-12)1-2-14(15)22(34)31-13-3-4-32(10-13)21-19(33)18(20(26)27)16(24)9-30-21/h1-2,5,7-9,13,33H,3-4,10H2,(H3,26,27)(H,31,34). The topological polar surface area (TPSA) is 165 Å². The molecule has 1 fully saturated rings. The normalized spacial score (nSPS) is 15.1. The van der Waals surface area contributed by atoms with E-state index in [1.807, 2.05) is 6.07 Å². The Labute approximate surface area is 204 Å². The van der Waals surface area contributed by atoms with Crippen LogP contribution in [0.5, 0.6) is 5.75 Å². The van der Waals surface area contributed by atoms with Gasteiger partial charge in [-0.25, -0.2) is 15.0 Å². The van der Waals surface area contributed by atoms with Crippen molar-refractivity contribution in [2.24, 2.45) is 5.73 Å². The largest absolute Gasteiger partial charge is 0.504 e. The van der Waals surface area contributed by atoms with Gasteiger partial charge in [0.25, 0.3) is 5.91 Å². The fraction of sp³-hybridized carbons (Fsp3) is 0.182. The van der Waals surface area contributed by atoms with Crippen molar-refractivity contribution in [2.75, 3.05) is 18.0 Å². The summed E-state index contributed by atoms with van der Waals surface area (Å²) in [4.78, 5) is 26.7. The monoisotopic (exact) mass is 496 g/mol. The molecule has 172 valence electrons. The molecule has 1 saturated heterocycles. The lowest BCUT2D eigenvalue weighted by Crippen LogP contribution is -2.37. The maximum absolute atomic E-state index is 12.8. The Kier molecular flexibility index (Phi) is 6.49. The average molecular weight is 497 g/mol. The van der Waals surface area contributed by atoms with E-state index in [0.717, 1.165) is 0 Å². The van der Waals surface area contributed by atoms with Crippen LogP contribution in [0, 0.1) is 16.7 Å². The molecule has 4 rings (SSSR count). The molecule has 0 saturated carbocycles. The zero-order chi connectivity index (χ0) is 24.4. The van der Waals surface area contributed by atoms with E-state index in [9.17, 15) is 9.90 Å². The van der Waals surface area contributed by atoms with Crippen molar-refractivity contribution < 1.29 is 9.90 Å². The van der Waals surface area contributed by atoms with Gasteiger partial charge in [0, 0.05) is 43.3 Å². The van der Waals surface area contributed by atoms with Gasteiger partial charge in [-0.15, -0.1) is 0 Å². The van der Waals surface area contributed by atoms with Crippen LogP contribution >= 0.6 is 23.2 Å². The summed E-state index contributed by atoms with van der Waals surface area (Å²) in [5, 5.41) is 30.2. The van der Waals surface area contributed by atoms with Gasteiger partial charge in [0.05, 0.1) is 21.2 Å². The van der Waals surface area contributed by atoms with Crippen molar-refractivity contribution in [3.05, 3.63) is 63.8 Å². The van der Waals surface area contributed by atoms with E-state index in [1.54, 1.807) is 23.1 Å². The second-order valence-corrected chi connectivity index (χ2v) is 8.39. The van der Waals surface area contributed by atoms with Gasteiger partial charge in [-0.2, -0.15) is 5.26 Å². The number of amides is 1. The Hall–Kier alpha value is -3.94. The van der Waals surface area contributed by atoms with Crippen LogP contribution in [0.3, 0.4) is 0 Å². The third-order valence-electron chi connectivity index (χ3n) is 5.38. The second kappa shape index (κ2) is 9.51. The smallest absolute Gasteiger partial charge is 0.253 e.